The molecule has 2 unspecified atom stereocenters. The fourth-order valence-corrected chi connectivity index (χ4v) is 7.98. The smallest absolute Gasteiger partial charge is 0.246 e. The first kappa shape index (κ1) is 20.7. The first-order valence-corrected chi connectivity index (χ1v) is 12.0. The molecule has 1 aromatic rings. The Hall–Kier alpha value is -2.17. The van der Waals surface area contributed by atoms with Crippen molar-refractivity contribution >= 4 is 11.8 Å². The van der Waals surface area contributed by atoms with E-state index in [1.807, 2.05) is 30.3 Å². The van der Waals surface area contributed by atoms with Crippen LogP contribution in [-0.2, 0) is 16.1 Å². The summed E-state index contributed by atoms with van der Waals surface area (Å²) in [6.07, 6.45) is 14.3. The van der Waals surface area contributed by atoms with Crippen molar-refractivity contribution in [2.24, 2.45) is 34.5 Å². The molecule has 5 heteroatoms. The normalized spacial score (nSPS) is 41.3. The highest BCUT2D eigenvalue weighted by Gasteiger charge is 2.61. The molecular formula is C26H35N3O2. The van der Waals surface area contributed by atoms with Crippen molar-refractivity contribution in [1.82, 2.24) is 15.2 Å². The van der Waals surface area contributed by atoms with Gasteiger partial charge in [0.2, 0.25) is 11.8 Å². The van der Waals surface area contributed by atoms with E-state index in [9.17, 15) is 9.59 Å². The molecule has 0 saturated heterocycles. The van der Waals surface area contributed by atoms with Gasteiger partial charge in [0.15, 0.2) is 0 Å². The number of pyridine rings is 1. The molecule has 5 rings (SSSR count). The highest BCUT2D eigenvalue weighted by Crippen LogP contribution is 2.65. The van der Waals surface area contributed by atoms with Gasteiger partial charge in [-0.25, -0.2) is 0 Å². The molecule has 0 spiro atoms. The van der Waals surface area contributed by atoms with Gasteiger partial charge in [-0.2, -0.15) is 0 Å². The van der Waals surface area contributed by atoms with Crippen LogP contribution in [0.4, 0.5) is 0 Å². The second-order valence-corrected chi connectivity index (χ2v) is 10.9. The zero-order valence-corrected chi connectivity index (χ0v) is 19.0. The second kappa shape index (κ2) is 7.46. The zero-order valence-electron chi connectivity index (χ0n) is 19.0. The van der Waals surface area contributed by atoms with Crippen LogP contribution in [0.1, 0.15) is 57.9 Å². The quantitative estimate of drug-likeness (QED) is 0.804. The van der Waals surface area contributed by atoms with E-state index in [1.165, 1.54) is 6.42 Å². The maximum Gasteiger partial charge on any atom is 0.246 e. The molecule has 4 aliphatic rings. The Kier molecular flexibility index (Phi) is 4.98. The largest absolute Gasteiger partial charge is 0.352 e. The molecular weight excluding hydrogens is 386 g/mol. The van der Waals surface area contributed by atoms with Crippen molar-refractivity contribution in [1.29, 1.82) is 0 Å². The molecule has 7 atom stereocenters. The minimum absolute atomic E-state index is 0.0631. The van der Waals surface area contributed by atoms with Gasteiger partial charge in [0.1, 0.15) is 0 Å². The van der Waals surface area contributed by atoms with Crippen molar-refractivity contribution in [3.63, 3.8) is 0 Å². The van der Waals surface area contributed by atoms with Crippen molar-refractivity contribution < 1.29 is 9.59 Å². The molecule has 166 valence electrons. The highest BCUT2D eigenvalue weighted by atomic mass is 16.2. The third-order valence-electron chi connectivity index (χ3n) is 9.63. The van der Waals surface area contributed by atoms with Gasteiger partial charge >= 0.3 is 0 Å². The first-order valence-electron chi connectivity index (χ1n) is 12.0. The van der Waals surface area contributed by atoms with Crippen molar-refractivity contribution in [3.05, 3.63) is 42.2 Å². The summed E-state index contributed by atoms with van der Waals surface area (Å²) in [6.45, 7) is 5.32. The molecule has 31 heavy (non-hydrogen) atoms. The predicted octanol–water partition coefficient (Wildman–Crippen LogP) is 3.95. The van der Waals surface area contributed by atoms with Crippen LogP contribution in [0.2, 0.25) is 0 Å². The molecule has 1 aromatic heterocycles. The molecule has 2 amide bonds. The number of amides is 2. The first-order chi connectivity index (χ1) is 14.8. The number of nitrogens with one attached hydrogen (secondary N) is 1. The molecule has 0 radical (unpaired) electrons. The molecule has 1 aliphatic heterocycles. The molecule has 3 aliphatic carbocycles. The Morgan fingerprint density at radius 3 is 2.81 bits per heavy atom. The summed E-state index contributed by atoms with van der Waals surface area (Å²) >= 11 is 0. The molecule has 5 nitrogen and oxygen atoms in total. The van der Waals surface area contributed by atoms with E-state index in [2.05, 4.69) is 30.2 Å². The zero-order chi connectivity index (χ0) is 21.8. The number of rotatable bonds is 3. The lowest BCUT2D eigenvalue weighted by Gasteiger charge is -2.60. The maximum atomic E-state index is 13.2. The lowest BCUT2D eigenvalue weighted by atomic mass is 9.47. The number of aromatic nitrogens is 1. The molecule has 3 fully saturated rings. The molecule has 0 bridgehead atoms. The number of nitrogens with zero attached hydrogens (tertiary/aromatic N) is 2. The fraction of sp³-hybridized carbons (Fsp3) is 0.654. The van der Waals surface area contributed by atoms with E-state index in [0.717, 1.165) is 37.7 Å². The van der Waals surface area contributed by atoms with Crippen LogP contribution in [0.3, 0.4) is 0 Å². The van der Waals surface area contributed by atoms with Crippen molar-refractivity contribution in [2.45, 2.75) is 65.0 Å². The van der Waals surface area contributed by atoms with Gasteiger partial charge in [-0.1, -0.05) is 26.0 Å². The van der Waals surface area contributed by atoms with Crippen LogP contribution >= 0.6 is 0 Å². The summed E-state index contributed by atoms with van der Waals surface area (Å²) in [5.74, 6) is 2.33. The molecule has 1 N–H and O–H groups in total. The van der Waals surface area contributed by atoms with Gasteiger partial charge < -0.3 is 10.2 Å². The van der Waals surface area contributed by atoms with Gasteiger partial charge in [-0.05, 0) is 79.4 Å². The minimum atomic E-state index is 0.0631. The summed E-state index contributed by atoms with van der Waals surface area (Å²) in [4.78, 5) is 31.6. The molecule has 0 aromatic carbocycles. The summed E-state index contributed by atoms with van der Waals surface area (Å²) in [6, 6.07) is 4.24. The Balaban J connectivity index is 1.33. The van der Waals surface area contributed by atoms with Crippen LogP contribution in [-0.4, -0.2) is 34.8 Å². The van der Waals surface area contributed by atoms with E-state index >= 15 is 0 Å². The number of hydrogen-bond donors (Lipinski definition) is 1. The summed E-state index contributed by atoms with van der Waals surface area (Å²) in [7, 11) is 1.97. The van der Waals surface area contributed by atoms with Crippen molar-refractivity contribution in [3.8, 4) is 0 Å². The van der Waals surface area contributed by atoms with E-state index < -0.39 is 0 Å². The monoisotopic (exact) mass is 421 g/mol. The average molecular weight is 422 g/mol. The Morgan fingerprint density at radius 2 is 2.03 bits per heavy atom. The summed E-state index contributed by atoms with van der Waals surface area (Å²) < 4.78 is 0. The topological polar surface area (TPSA) is 62.3 Å². The second-order valence-electron chi connectivity index (χ2n) is 10.9. The molecule has 2 heterocycles. The summed E-state index contributed by atoms with van der Waals surface area (Å²) in [5.41, 5.74) is 1.20. The van der Waals surface area contributed by atoms with Gasteiger partial charge in [0, 0.05) is 43.4 Å². The fourth-order valence-electron chi connectivity index (χ4n) is 7.98. The Morgan fingerprint density at radius 1 is 1.19 bits per heavy atom. The van der Waals surface area contributed by atoms with Gasteiger partial charge in [0.05, 0.1) is 0 Å². The Labute approximate surface area is 185 Å². The average Bonchev–Trinajstić information content (AvgIpc) is 3.13. The number of hydrogen-bond acceptors (Lipinski definition) is 3. The Bertz CT molecular complexity index is 899. The van der Waals surface area contributed by atoms with Crippen LogP contribution < -0.4 is 5.32 Å². The van der Waals surface area contributed by atoms with Crippen LogP contribution in [0, 0.1) is 34.5 Å². The number of likely N-dealkylation sites (N-methyl/N-ethyl adjacent to an activating group) is 1. The molecule has 3 saturated carbocycles. The van der Waals surface area contributed by atoms with Gasteiger partial charge in [-0.15, -0.1) is 0 Å². The lowest BCUT2D eigenvalue weighted by Crippen LogP contribution is -2.59. The standard InChI is InChI=1S/C26H35N3O2/c1-25-12-10-20-18(6-9-22-26(20,2)13-11-23(30)29(22)3)19(25)7-8-21(25)24(31)28-16-17-5-4-14-27-15-17/h4-5,11,13-15,18-22H,6-10,12,16H2,1-3H3,(H,28,31)/t18-,19-,20+,21?,22?,25-,26+/m0/s1. The lowest BCUT2D eigenvalue weighted by molar-refractivity contribution is -0.142. The number of carbonyl (C=O) groups excluding carboxylic acids is 2. The number of fused-ring (bicyclic) bond motifs is 5. The van der Waals surface area contributed by atoms with Crippen molar-refractivity contribution in [2.75, 3.05) is 7.05 Å². The minimum Gasteiger partial charge on any atom is -0.352 e. The van der Waals surface area contributed by atoms with Crippen LogP contribution in [0.25, 0.3) is 0 Å². The van der Waals surface area contributed by atoms with Gasteiger partial charge in [0.25, 0.3) is 0 Å². The van der Waals surface area contributed by atoms with E-state index in [4.69, 9.17) is 0 Å². The van der Waals surface area contributed by atoms with E-state index in [1.54, 1.807) is 12.3 Å². The maximum absolute atomic E-state index is 13.2. The van der Waals surface area contributed by atoms with E-state index in [-0.39, 0.29) is 28.6 Å². The third-order valence-corrected chi connectivity index (χ3v) is 9.63. The van der Waals surface area contributed by atoms with Crippen LogP contribution in [0.15, 0.2) is 36.7 Å². The summed E-state index contributed by atoms with van der Waals surface area (Å²) in [5, 5.41) is 3.20. The van der Waals surface area contributed by atoms with Crippen LogP contribution in [0.5, 0.6) is 0 Å². The predicted molar refractivity (Wildman–Crippen MR) is 120 cm³/mol. The SMILES string of the molecule is CN1C(=O)C=C[C@@]2(C)C1CC[C@@H]1[C@H]2CC[C@]2(C)C(C(=O)NCc3cccnc3)CC[C@@H]12. The van der Waals surface area contributed by atoms with E-state index in [0.29, 0.717) is 30.3 Å². The number of carbonyl (C=O) groups is 2. The van der Waals surface area contributed by atoms with Gasteiger partial charge in [-0.3, -0.25) is 14.6 Å². The third kappa shape index (κ3) is 3.15. The highest BCUT2D eigenvalue weighted by molar-refractivity contribution is 5.89.